The molecule has 18 heavy (non-hydrogen) atoms. The molecule has 2 aromatic rings. The van der Waals surface area contributed by atoms with Crippen LogP contribution in [0.4, 0.5) is 0 Å². The zero-order chi connectivity index (χ0) is 13.2. The first-order valence-corrected chi connectivity index (χ1v) is 6.60. The summed E-state index contributed by atoms with van der Waals surface area (Å²) in [5, 5.41) is 15.3. The van der Waals surface area contributed by atoms with Crippen LogP contribution in [-0.2, 0) is 6.42 Å². The number of aromatic nitrogens is 4. The lowest BCUT2D eigenvalue weighted by molar-refractivity contribution is 0.412. The summed E-state index contributed by atoms with van der Waals surface area (Å²) in [5.74, 6) is 1.14. The van der Waals surface area contributed by atoms with Crippen LogP contribution in [-0.4, -0.2) is 31.9 Å². The van der Waals surface area contributed by atoms with Gasteiger partial charge in [0.2, 0.25) is 5.89 Å². The second-order valence-electron chi connectivity index (χ2n) is 5.12. The minimum atomic E-state index is 0.0982. The fraction of sp³-hybridized carbons (Fsp3) is 0.636. The van der Waals surface area contributed by atoms with Gasteiger partial charge in [-0.1, -0.05) is 4.49 Å². The molecular formula is C11H17N5OS. The Bertz CT molecular complexity index is 513. The van der Waals surface area contributed by atoms with Crippen molar-refractivity contribution >= 4 is 11.5 Å². The van der Waals surface area contributed by atoms with Crippen LogP contribution in [0.5, 0.6) is 0 Å². The Morgan fingerprint density at radius 1 is 1.22 bits per heavy atom. The Hall–Kier alpha value is -1.34. The highest BCUT2D eigenvalue weighted by atomic mass is 32.1. The van der Waals surface area contributed by atoms with E-state index in [0.29, 0.717) is 11.8 Å². The Morgan fingerprint density at radius 2 is 2.00 bits per heavy atom. The Labute approximate surface area is 110 Å². The molecule has 0 spiro atoms. The van der Waals surface area contributed by atoms with Gasteiger partial charge in [-0.15, -0.1) is 15.3 Å². The van der Waals surface area contributed by atoms with E-state index in [1.807, 2.05) is 6.92 Å². The van der Waals surface area contributed by atoms with Crippen molar-refractivity contribution in [3.05, 3.63) is 11.6 Å². The summed E-state index contributed by atoms with van der Waals surface area (Å²) in [6.07, 6.45) is 0.718. The van der Waals surface area contributed by atoms with Crippen molar-refractivity contribution < 1.29 is 4.42 Å². The first-order valence-electron chi connectivity index (χ1n) is 5.82. The van der Waals surface area contributed by atoms with Gasteiger partial charge in [-0.25, -0.2) is 0 Å². The molecule has 98 valence electrons. The molecule has 1 N–H and O–H groups in total. The van der Waals surface area contributed by atoms with Gasteiger partial charge in [-0.3, -0.25) is 0 Å². The second kappa shape index (κ2) is 5.11. The molecular weight excluding hydrogens is 250 g/mol. The van der Waals surface area contributed by atoms with Crippen molar-refractivity contribution in [3.8, 4) is 10.8 Å². The minimum Gasteiger partial charge on any atom is -0.420 e. The summed E-state index contributed by atoms with van der Waals surface area (Å²) < 4.78 is 9.45. The summed E-state index contributed by atoms with van der Waals surface area (Å²) >= 11 is 1.27. The van der Waals surface area contributed by atoms with E-state index in [9.17, 15) is 0 Å². The first-order chi connectivity index (χ1) is 8.46. The zero-order valence-electron chi connectivity index (χ0n) is 11.0. The van der Waals surface area contributed by atoms with E-state index in [0.717, 1.165) is 23.5 Å². The summed E-state index contributed by atoms with van der Waals surface area (Å²) in [6.45, 7) is 9.06. The number of rotatable bonds is 4. The lowest BCUT2D eigenvalue weighted by Crippen LogP contribution is -2.37. The molecule has 0 bridgehead atoms. The Morgan fingerprint density at radius 3 is 2.61 bits per heavy atom. The molecule has 2 heterocycles. The van der Waals surface area contributed by atoms with Crippen LogP contribution in [0, 0.1) is 6.92 Å². The molecule has 0 aliphatic heterocycles. The first kappa shape index (κ1) is 13.1. The van der Waals surface area contributed by atoms with Crippen molar-refractivity contribution in [2.45, 2.75) is 39.7 Å². The maximum atomic E-state index is 5.59. The fourth-order valence-corrected chi connectivity index (χ4v) is 2.00. The quantitative estimate of drug-likeness (QED) is 0.910. The van der Waals surface area contributed by atoms with E-state index in [-0.39, 0.29) is 5.54 Å². The molecule has 0 fully saturated rings. The molecule has 0 radical (unpaired) electrons. The molecule has 0 saturated heterocycles. The predicted octanol–water partition coefficient (Wildman–Crippen LogP) is 1.83. The van der Waals surface area contributed by atoms with E-state index in [1.165, 1.54) is 11.5 Å². The molecule has 2 aromatic heterocycles. The van der Waals surface area contributed by atoms with Gasteiger partial charge in [0.05, 0.1) is 5.69 Å². The minimum absolute atomic E-state index is 0.0982. The molecule has 7 heteroatoms. The fourth-order valence-electron chi connectivity index (χ4n) is 1.42. The number of aryl methyl sites for hydroxylation is 1. The highest BCUT2D eigenvalue weighted by Crippen LogP contribution is 2.23. The van der Waals surface area contributed by atoms with Crippen molar-refractivity contribution in [1.29, 1.82) is 0 Å². The summed E-state index contributed by atoms with van der Waals surface area (Å²) in [7, 11) is 0. The summed E-state index contributed by atoms with van der Waals surface area (Å²) in [4.78, 5) is 0.845. The van der Waals surface area contributed by atoms with Gasteiger partial charge in [0.15, 0.2) is 0 Å². The highest BCUT2D eigenvalue weighted by Gasteiger charge is 2.15. The number of nitrogens with one attached hydrogen (secondary N) is 1. The van der Waals surface area contributed by atoms with E-state index in [1.54, 1.807) is 0 Å². The van der Waals surface area contributed by atoms with Crippen molar-refractivity contribution in [3.63, 3.8) is 0 Å². The van der Waals surface area contributed by atoms with Crippen LogP contribution in [0.1, 0.15) is 32.4 Å². The standard InChI is InChI=1S/C11H17N5OS/c1-7-9(18-16-13-7)10-15-14-8(17-10)5-6-12-11(2,3)4/h12H,5-6H2,1-4H3. The van der Waals surface area contributed by atoms with Gasteiger partial charge in [0.1, 0.15) is 4.88 Å². The lowest BCUT2D eigenvalue weighted by atomic mass is 10.1. The normalized spacial score (nSPS) is 12.0. The maximum absolute atomic E-state index is 5.59. The van der Waals surface area contributed by atoms with Crippen molar-refractivity contribution in [2.24, 2.45) is 0 Å². The topological polar surface area (TPSA) is 76.7 Å². The van der Waals surface area contributed by atoms with Gasteiger partial charge in [-0.05, 0) is 39.2 Å². The molecule has 0 saturated carbocycles. The van der Waals surface area contributed by atoms with Crippen LogP contribution >= 0.6 is 11.5 Å². The third-order valence-corrected chi connectivity index (χ3v) is 3.12. The summed E-state index contributed by atoms with van der Waals surface area (Å²) in [6, 6.07) is 0. The van der Waals surface area contributed by atoms with Gasteiger partial charge in [0.25, 0.3) is 5.89 Å². The smallest absolute Gasteiger partial charge is 0.261 e. The molecule has 0 aromatic carbocycles. The van der Waals surface area contributed by atoms with E-state index >= 15 is 0 Å². The monoisotopic (exact) mass is 267 g/mol. The average molecular weight is 267 g/mol. The van der Waals surface area contributed by atoms with Crippen LogP contribution in [0.15, 0.2) is 4.42 Å². The molecule has 0 amide bonds. The average Bonchev–Trinajstić information content (AvgIpc) is 2.84. The van der Waals surface area contributed by atoms with Gasteiger partial charge >= 0.3 is 0 Å². The Balaban J connectivity index is 1.97. The molecule has 6 nitrogen and oxygen atoms in total. The highest BCUT2D eigenvalue weighted by molar-refractivity contribution is 7.09. The number of hydrogen-bond donors (Lipinski definition) is 1. The van der Waals surface area contributed by atoms with Gasteiger partial charge in [0, 0.05) is 18.5 Å². The van der Waals surface area contributed by atoms with Crippen LogP contribution in [0.3, 0.4) is 0 Å². The van der Waals surface area contributed by atoms with Gasteiger partial charge < -0.3 is 9.73 Å². The number of hydrogen-bond acceptors (Lipinski definition) is 7. The van der Waals surface area contributed by atoms with Crippen LogP contribution in [0.25, 0.3) is 10.8 Å². The third kappa shape index (κ3) is 3.33. The predicted molar refractivity (Wildman–Crippen MR) is 69.4 cm³/mol. The lowest BCUT2D eigenvalue weighted by Gasteiger charge is -2.19. The molecule has 0 unspecified atom stereocenters. The van der Waals surface area contributed by atoms with E-state index in [2.05, 4.69) is 45.9 Å². The van der Waals surface area contributed by atoms with Crippen molar-refractivity contribution in [1.82, 2.24) is 25.1 Å². The molecule has 0 aliphatic carbocycles. The zero-order valence-corrected chi connectivity index (χ0v) is 11.8. The molecule has 0 atom stereocenters. The molecule has 2 rings (SSSR count). The largest absolute Gasteiger partial charge is 0.420 e. The van der Waals surface area contributed by atoms with Gasteiger partial charge in [-0.2, -0.15) is 0 Å². The molecule has 0 aliphatic rings. The number of nitrogens with zero attached hydrogens (tertiary/aromatic N) is 4. The third-order valence-electron chi connectivity index (χ3n) is 2.31. The summed E-state index contributed by atoms with van der Waals surface area (Å²) in [5.41, 5.74) is 0.920. The van der Waals surface area contributed by atoms with E-state index < -0.39 is 0 Å². The maximum Gasteiger partial charge on any atom is 0.261 e. The van der Waals surface area contributed by atoms with Crippen LogP contribution < -0.4 is 5.32 Å². The van der Waals surface area contributed by atoms with Crippen LogP contribution in [0.2, 0.25) is 0 Å². The van der Waals surface area contributed by atoms with Crippen molar-refractivity contribution in [2.75, 3.05) is 6.54 Å². The second-order valence-corrected chi connectivity index (χ2v) is 5.87. The Kier molecular flexibility index (Phi) is 3.72. The SMILES string of the molecule is Cc1nnsc1-c1nnc(CCNC(C)(C)C)o1. The van der Waals surface area contributed by atoms with E-state index in [4.69, 9.17) is 4.42 Å².